The number of benzene rings is 1. The molecular weight excluding hydrogens is 457 g/mol. The number of aromatic nitrogens is 3. The Balaban J connectivity index is 1.59. The number of cyclic esters (lactones) is 1. The number of nitrogens with zero attached hydrogens (tertiary/aromatic N) is 4. The number of ether oxygens (including phenoxy) is 1. The summed E-state index contributed by atoms with van der Waals surface area (Å²) < 4.78 is 22.3. The van der Waals surface area contributed by atoms with Crippen LogP contribution in [0.1, 0.15) is 6.92 Å². The standard InChI is InChI=1S/C20H17BrFN5O3/c1-12(28)23-10-14-11-26(20(29)30-14)13-5-6-17(15(22)9-13)27-18(7-8-24-27)16-3-2-4-19(21)25-16/h2-9,14H,10-11H2,1H3,(H,23,28)/t14-/m0/s1. The Morgan fingerprint density at radius 3 is 2.90 bits per heavy atom. The quantitative estimate of drug-likeness (QED) is 0.574. The Bertz CT molecular complexity index is 1120. The van der Waals surface area contributed by atoms with Crippen molar-refractivity contribution in [3.8, 4) is 17.1 Å². The minimum absolute atomic E-state index is 0.203. The molecule has 1 aromatic carbocycles. The molecule has 1 atom stereocenters. The highest BCUT2D eigenvalue weighted by Crippen LogP contribution is 2.28. The van der Waals surface area contributed by atoms with Crippen molar-refractivity contribution in [2.24, 2.45) is 0 Å². The Hall–Kier alpha value is -3.27. The second kappa shape index (κ2) is 8.23. The number of hydrogen-bond acceptors (Lipinski definition) is 5. The molecule has 8 nitrogen and oxygen atoms in total. The van der Waals surface area contributed by atoms with Crippen molar-refractivity contribution in [2.75, 3.05) is 18.0 Å². The third-order valence-electron chi connectivity index (χ3n) is 4.54. The molecule has 1 aliphatic heterocycles. The zero-order chi connectivity index (χ0) is 21.3. The van der Waals surface area contributed by atoms with Crippen molar-refractivity contribution in [1.29, 1.82) is 0 Å². The van der Waals surface area contributed by atoms with E-state index in [0.29, 0.717) is 21.7 Å². The summed E-state index contributed by atoms with van der Waals surface area (Å²) in [5.74, 6) is -0.764. The van der Waals surface area contributed by atoms with Crippen molar-refractivity contribution >= 4 is 33.6 Å². The van der Waals surface area contributed by atoms with Crippen LogP contribution in [0.25, 0.3) is 17.1 Å². The first-order chi connectivity index (χ1) is 14.4. The van der Waals surface area contributed by atoms with Gasteiger partial charge in [0.1, 0.15) is 16.4 Å². The maximum Gasteiger partial charge on any atom is 0.414 e. The van der Waals surface area contributed by atoms with Crippen LogP contribution in [0.4, 0.5) is 14.9 Å². The third-order valence-corrected chi connectivity index (χ3v) is 4.99. The van der Waals surface area contributed by atoms with E-state index in [0.717, 1.165) is 0 Å². The topological polar surface area (TPSA) is 89.4 Å². The number of anilines is 1. The summed E-state index contributed by atoms with van der Waals surface area (Å²) in [6.45, 7) is 1.80. The van der Waals surface area contributed by atoms with Gasteiger partial charge >= 0.3 is 6.09 Å². The minimum Gasteiger partial charge on any atom is -0.442 e. The van der Waals surface area contributed by atoms with Crippen LogP contribution in [0, 0.1) is 5.82 Å². The van der Waals surface area contributed by atoms with Crippen LogP contribution in [0.5, 0.6) is 0 Å². The fourth-order valence-electron chi connectivity index (χ4n) is 3.17. The number of nitrogens with one attached hydrogen (secondary N) is 1. The second-order valence-electron chi connectivity index (χ2n) is 6.66. The van der Waals surface area contributed by atoms with Gasteiger partial charge in [-0.2, -0.15) is 5.10 Å². The molecule has 1 saturated heterocycles. The van der Waals surface area contributed by atoms with Gasteiger partial charge in [-0.25, -0.2) is 18.9 Å². The van der Waals surface area contributed by atoms with Crippen molar-refractivity contribution in [1.82, 2.24) is 20.1 Å². The molecule has 1 N–H and O–H groups in total. The van der Waals surface area contributed by atoms with E-state index in [1.54, 1.807) is 36.5 Å². The molecule has 2 amide bonds. The van der Waals surface area contributed by atoms with E-state index in [2.05, 4.69) is 31.3 Å². The van der Waals surface area contributed by atoms with E-state index >= 15 is 0 Å². The third kappa shape index (κ3) is 4.04. The summed E-state index contributed by atoms with van der Waals surface area (Å²) in [5, 5.41) is 6.83. The highest BCUT2D eigenvalue weighted by atomic mass is 79.9. The van der Waals surface area contributed by atoms with Gasteiger partial charge in [0.2, 0.25) is 5.91 Å². The predicted molar refractivity (Wildman–Crippen MR) is 111 cm³/mol. The SMILES string of the molecule is CC(=O)NC[C@H]1CN(c2ccc(-n3nccc3-c3cccc(Br)n3)c(F)c2)C(=O)O1. The summed E-state index contributed by atoms with van der Waals surface area (Å²) in [7, 11) is 0. The lowest BCUT2D eigenvalue weighted by Gasteiger charge is -2.15. The molecule has 1 aliphatic rings. The Morgan fingerprint density at radius 2 is 2.17 bits per heavy atom. The fraction of sp³-hybridized carbons (Fsp3) is 0.200. The van der Waals surface area contributed by atoms with Crippen LogP contribution in [-0.4, -0.2) is 46.0 Å². The van der Waals surface area contributed by atoms with Crippen molar-refractivity contribution < 1.29 is 18.7 Å². The molecule has 1 fully saturated rings. The number of hydrogen-bond donors (Lipinski definition) is 1. The largest absolute Gasteiger partial charge is 0.442 e. The molecule has 154 valence electrons. The van der Waals surface area contributed by atoms with Gasteiger partial charge in [0.05, 0.1) is 36.4 Å². The summed E-state index contributed by atoms with van der Waals surface area (Å²) in [4.78, 5) is 28.9. The van der Waals surface area contributed by atoms with Crippen molar-refractivity contribution in [2.45, 2.75) is 13.0 Å². The number of amides is 2. The van der Waals surface area contributed by atoms with Gasteiger partial charge < -0.3 is 10.1 Å². The average Bonchev–Trinajstić information content (AvgIpc) is 3.33. The van der Waals surface area contributed by atoms with E-state index in [1.165, 1.54) is 22.6 Å². The van der Waals surface area contributed by atoms with Crippen LogP contribution in [0.3, 0.4) is 0 Å². The first-order valence-corrected chi connectivity index (χ1v) is 9.91. The first-order valence-electron chi connectivity index (χ1n) is 9.12. The van der Waals surface area contributed by atoms with E-state index in [4.69, 9.17) is 4.74 Å². The van der Waals surface area contributed by atoms with Crippen LogP contribution >= 0.6 is 15.9 Å². The Labute approximate surface area is 179 Å². The lowest BCUT2D eigenvalue weighted by atomic mass is 10.2. The summed E-state index contributed by atoms with van der Waals surface area (Å²) in [6.07, 6.45) is 0.482. The smallest absolute Gasteiger partial charge is 0.414 e. The molecule has 10 heteroatoms. The Kier molecular flexibility index (Phi) is 5.49. The highest BCUT2D eigenvalue weighted by Gasteiger charge is 2.32. The molecule has 2 aromatic heterocycles. The first kappa shape index (κ1) is 20.0. The molecule has 0 aliphatic carbocycles. The van der Waals surface area contributed by atoms with Gasteiger partial charge in [-0.15, -0.1) is 0 Å². The Morgan fingerprint density at radius 1 is 1.33 bits per heavy atom. The maximum atomic E-state index is 15.0. The van der Waals surface area contributed by atoms with E-state index in [9.17, 15) is 14.0 Å². The number of halogens is 2. The van der Waals surface area contributed by atoms with Crippen molar-refractivity contribution in [3.05, 3.63) is 59.1 Å². The highest BCUT2D eigenvalue weighted by molar-refractivity contribution is 9.10. The van der Waals surface area contributed by atoms with Gasteiger partial charge in [0, 0.05) is 6.92 Å². The normalized spacial score (nSPS) is 15.9. The summed E-state index contributed by atoms with van der Waals surface area (Å²) in [6, 6.07) is 11.6. The molecule has 0 radical (unpaired) electrons. The molecule has 30 heavy (non-hydrogen) atoms. The monoisotopic (exact) mass is 473 g/mol. The van der Waals surface area contributed by atoms with Gasteiger partial charge in [-0.3, -0.25) is 9.69 Å². The number of carbonyl (C=O) groups excluding carboxylic acids is 2. The number of rotatable bonds is 5. The zero-order valence-corrected chi connectivity index (χ0v) is 17.5. The van der Waals surface area contributed by atoms with Crippen LogP contribution in [0.15, 0.2) is 53.3 Å². The van der Waals surface area contributed by atoms with Gasteiger partial charge in [-0.05, 0) is 52.3 Å². The molecule has 3 aromatic rings. The number of carbonyl (C=O) groups is 2. The molecule has 0 spiro atoms. The molecule has 4 rings (SSSR count). The molecule has 0 unspecified atom stereocenters. The number of pyridine rings is 1. The molecule has 0 saturated carbocycles. The molecule has 0 bridgehead atoms. The molecular formula is C20H17BrFN5O3. The van der Waals surface area contributed by atoms with Gasteiger partial charge in [0.25, 0.3) is 0 Å². The maximum absolute atomic E-state index is 15.0. The lowest BCUT2D eigenvalue weighted by molar-refractivity contribution is -0.119. The summed E-state index contributed by atoms with van der Waals surface area (Å²) in [5.41, 5.74) is 1.84. The van der Waals surface area contributed by atoms with Crippen LogP contribution in [-0.2, 0) is 9.53 Å². The van der Waals surface area contributed by atoms with Crippen LogP contribution in [0.2, 0.25) is 0 Å². The van der Waals surface area contributed by atoms with E-state index < -0.39 is 18.0 Å². The zero-order valence-electron chi connectivity index (χ0n) is 15.9. The van der Waals surface area contributed by atoms with E-state index in [1.807, 2.05) is 6.07 Å². The van der Waals surface area contributed by atoms with Crippen molar-refractivity contribution in [3.63, 3.8) is 0 Å². The predicted octanol–water partition coefficient (Wildman–Crippen LogP) is 3.30. The minimum atomic E-state index is -0.587. The van der Waals surface area contributed by atoms with E-state index in [-0.39, 0.29) is 24.7 Å². The van der Waals surface area contributed by atoms with Gasteiger partial charge in [-0.1, -0.05) is 6.07 Å². The average molecular weight is 474 g/mol. The summed E-state index contributed by atoms with van der Waals surface area (Å²) >= 11 is 3.33. The van der Waals surface area contributed by atoms with Gasteiger partial charge in [0.15, 0.2) is 5.82 Å². The fourth-order valence-corrected chi connectivity index (χ4v) is 3.52. The van der Waals surface area contributed by atoms with Crippen LogP contribution < -0.4 is 10.2 Å². The lowest BCUT2D eigenvalue weighted by Crippen LogP contribution is -2.33. The second-order valence-corrected chi connectivity index (χ2v) is 7.48. The molecule has 3 heterocycles.